The molecule has 22 heavy (non-hydrogen) atoms. The molecule has 1 heteroatoms. The van der Waals surface area contributed by atoms with Gasteiger partial charge in [0.25, 0.3) is 0 Å². The topological polar surface area (TPSA) is 20.2 Å². The molecule has 3 aromatic carbocycles. The summed E-state index contributed by atoms with van der Waals surface area (Å²) < 4.78 is 0. The maximum absolute atomic E-state index is 11.0. The average molecular weight is 288 g/mol. The van der Waals surface area contributed by atoms with E-state index >= 15 is 0 Å². The molecular formula is C21H20O. The monoisotopic (exact) mass is 288 g/mol. The molecule has 1 nitrogen and oxygen atoms in total. The smallest absolute Gasteiger partial charge is 0.131 e. The molecule has 0 radical (unpaired) electrons. The van der Waals surface area contributed by atoms with Gasteiger partial charge in [0, 0.05) is 10.9 Å². The van der Waals surface area contributed by atoms with Crippen molar-refractivity contribution in [2.75, 3.05) is 0 Å². The quantitative estimate of drug-likeness (QED) is 0.588. The second kappa shape index (κ2) is 5.49. The summed E-state index contributed by atoms with van der Waals surface area (Å²) in [6.45, 7) is 0. The molecule has 0 aliphatic heterocycles. The zero-order valence-electron chi connectivity index (χ0n) is 12.7. The average Bonchev–Trinajstić information content (AvgIpc) is 2.82. The fourth-order valence-corrected chi connectivity index (χ4v) is 3.80. The summed E-state index contributed by atoms with van der Waals surface area (Å²) in [4.78, 5) is 0. The van der Waals surface area contributed by atoms with Crippen LogP contribution in [0.2, 0.25) is 0 Å². The van der Waals surface area contributed by atoms with Crippen molar-refractivity contribution in [1.82, 2.24) is 0 Å². The first kappa shape index (κ1) is 13.4. The van der Waals surface area contributed by atoms with Crippen LogP contribution in [-0.2, 0) is 12.8 Å². The van der Waals surface area contributed by atoms with Crippen LogP contribution in [0.3, 0.4) is 0 Å². The van der Waals surface area contributed by atoms with Crippen LogP contribution in [0.15, 0.2) is 54.6 Å². The Morgan fingerprint density at radius 2 is 1.27 bits per heavy atom. The lowest BCUT2D eigenvalue weighted by atomic mass is 9.87. The summed E-state index contributed by atoms with van der Waals surface area (Å²) in [5.41, 5.74) is 4.99. The second-order valence-electron chi connectivity index (χ2n) is 6.15. The minimum Gasteiger partial charge on any atom is -0.507 e. The first-order valence-electron chi connectivity index (χ1n) is 8.17. The van der Waals surface area contributed by atoms with Gasteiger partial charge in [0.05, 0.1) is 0 Å². The summed E-state index contributed by atoms with van der Waals surface area (Å²) in [5.74, 6) is 0.447. The number of aromatic hydroxyl groups is 1. The molecule has 0 atom stereocenters. The van der Waals surface area contributed by atoms with Gasteiger partial charge in [-0.1, -0.05) is 61.0 Å². The SMILES string of the molecule is Oc1c(-c2ccccc2)c2c(c3ccccc13)CCCCC2. The number of benzene rings is 3. The van der Waals surface area contributed by atoms with Crippen LogP contribution in [-0.4, -0.2) is 5.11 Å². The van der Waals surface area contributed by atoms with Gasteiger partial charge < -0.3 is 5.11 Å². The van der Waals surface area contributed by atoms with Crippen molar-refractivity contribution in [2.24, 2.45) is 0 Å². The van der Waals surface area contributed by atoms with Gasteiger partial charge in [0.1, 0.15) is 5.75 Å². The predicted octanol–water partition coefficient (Wildman–Crippen LogP) is 5.48. The number of hydrogen-bond donors (Lipinski definition) is 1. The lowest BCUT2D eigenvalue weighted by Crippen LogP contribution is -1.98. The Bertz CT molecular complexity index is 818. The lowest BCUT2D eigenvalue weighted by Gasteiger charge is -2.18. The molecular weight excluding hydrogens is 268 g/mol. The van der Waals surface area contributed by atoms with E-state index in [9.17, 15) is 5.11 Å². The summed E-state index contributed by atoms with van der Waals surface area (Å²) in [6.07, 6.45) is 5.92. The molecule has 1 aliphatic rings. The molecule has 0 spiro atoms. The highest BCUT2D eigenvalue weighted by Gasteiger charge is 2.21. The van der Waals surface area contributed by atoms with Crippen molar-refractivity contribution >= 4 is 10.8 Å². The van der Waals surface area contributed by atoms with Crippen LogP contribution < -0.4 is 0 Å². The Morgan fingerprint density at radius 1 is 0.636 bits per heavy atom. The molecule has 1 aliphatic carbocycles. The van der Waals surface area contributed by atoms with E-state index in [0.717, 1.165) is 29.4 Å². The van der Waals surface area contributed by atoms with E-state index in [0.29, 0.717) is 5.75 Å². The molecule has 0 heterocycles. The Hall–Kier alpha value is -2.28. The molecule has 3 aromatic rings. The van der Waals surface area contributed by atoms with Crippen LogP contribution in [0.4, 0.5) is 0 Å². The van der Waals surface area contributed by atoms with Gasteiger partial charge in [-0.25, -0.2) is 0 Å². The Morgan fingerprint density at radius 3 is 2.05 bits per heavy atom. The number of phenols is 1. The molecule has 1 N–H and O–H groups in total. The molecule has 110 valence electrons. The van der Waals surface area contributed by atoms with Gasteiger partial charge in [0.15, 0.2) is 0 Å². The molecule has 0 amide bonds. The van der Waals surface area contributed by atoms with E-state index in [1.807, 2.05) is 30.3 Å². The minimum absolute atomic E-state index is 0.447. The molecule has 0 unspecified atom stereocenters. The molecule has 0 saturated carbocycles. The molecule has 4 rings (SSSR count). The van der Waals surface area contributed by atoms with Crippen molar-refractivity contribution < 1.29 is 5.11 Å². The fraction of sp³-hybridized carbons (Fsp3) is 0.238. The third-order valence-electron chi connectivity index (χ3n) is 4.83. The Balaban J connectivity index is 2.11. The van der Waals surface area contributed by atoms with E-state index < -0.39 is 0 Å². The van der Waals surface area contributed by atoms with Gasteiger partial charge in [-0.15, -0.1) is 0 Å². The lowest BCUT2D eigenvalue weighted by molar-refractivity contribution is 0.483. The number of rotatable bonds is 1. The van der Waals surface area contributed by atoms with E-state index in [1.165, 1.54) is 35.8 Å². The Labute approximate surface area is 131 Å². The predicted molar refractivity (Wildman–Crippen MR) is 92.3 cm³/mol. The van der Waals surface area contributed by atoms with Gasteiger partial charge >= 0.3 is 0 Å². The number of fused-ring (bicyclic) bond motifs is 3. The minimum atomic E-state index is 0.447. The van der Waals surface area contributed by atoms with Crippen LogP contribution in [0.1, 0.15) is 30.4 Å². The number of phenolic OH excluding ortho intramolecular Hbond substituents is 1. The highest BCUT2D eigenvalue weighted by molar-refractivity contribution is 5.99. The maximum atomic E-state index is 11.0. The third kappa shape index (κ3) is 2.09. The molecule has 0 aromatic heterocycles. The fourth-order valence-electron chi connectivity index (χ4n) is 3.80. The van der Waals surface area contributed by atoms with E-state index in [2.05, 4.69) is 24.3 Å². The number of aryl methyl sites for hydroxylation is 1. The number of hydrogen-bond acceptors (Lipinski definition) is 1. The second-order valence-corrected chi connectivity index (χ2v) is 6.15. The standard InChI is InChI=1S/C21H20O/c22-21-19-14-8-7-12-17(19)16-11-5-2-6-13-18(16)20(21)15-9-3-1-4-10-15/h1,3-4,7-10,12,14,22H,2,5-6,11,13H2. The molecule has 0 fully saturated rings. The van der Waals surface area contributed by atoms with Crippen LogP contribution in [0.25, 0.3) is 21.9 Å². The van der Waals surface area contributed by atoms with Gasteiger partial charge in [0.2, 0.25) is 0 Å². The highest BCUT2D eigenvalue weighted by atomic mass is 16.3. The maximum Gasteiger partial charge on any atom is 0.131 e. The summed E-state index contributed by atoms with van der Waals surface area (Å²) in [5, 5.41) is 13.2. The van der Waals surface area contributed by atoms with Crippen LogP contribution in [0.5, 0.6) is 5.75 Å². The van der Waals surface area contributed by atoms with Gasteiger partial charge in [-0.05, 0) is 47.8 Å². The molecule has 0 bridgehead atoms. The zero-order valence-corrected chi connectivity index (χ0v) is 12.7. The van der Waals surface area contributed by atoms with Gasteiger partial charge in [-0.2, -0.15) is 0 Å². The van der Waals surface area contributed by atoms with E-state index in [-0.39, 0.29) is 0 Å². The van der Waals surface area contributed by atoms with Crippen molar-refractivity contribution in [3.8, 4) is 16.9 Å². The van der Waals surface area contributed by atoms with Crippen molar-refractivity contribution in [1.29, 1.82) is 0 Å². The molecule has 0 saturated heterocycles. The summed E-state index contributed by atoms with van der Waals surface area (Å²) in [7, 11) is 0. The summed E-state index contributed by atoms with van der Waals surface area (Å²) in [6, 6.07) is 18.6. The van der Waals surface area contributed by atoms with Crippen molar-refractivity contribution in [2.45, 2.75) is 32.1 Å². The van der Waals surface area contributed by atoms with E-state index in [1.54, 1.807) is 0 Å². The largest absolute Gasteiger partial charge is 0.507 e. The zero-order chi connectivity index (χ0) is 14.9. The third-order valence-corrected chi connectivity index (χ3v) is 4.83. The van der Waals surface area contributed by atoms with Gasteiger partial charge in [-0.3, -0.25) is 0 Å². The van der Waals surface area contributed by atoms with Crippen molar-refractivity contribution in [3.63, 3.8) is 0 Å². The summed E-state index contributed by atoms with van der Waals surface area (Å²) >= 11 is 0. The van der Waals surface area contributed by atoms with Crippen LogP contribution >= 0.6 is 0 Å². The first-order chi connectivity index (χ1) is 10.9. The Kier molecular flexibility index (Phi) is 3.34. The first-order valence-corrected chi connectivity index (χ1v) is 8.17. The normalized spacial score (nSPS) is 14.5. The van der Waals surface area contributed by atoms with Crippen LogP contribution in [0, 0.1) is 0 Å². The highest BCUT2D eigenvalue weighted by Crippen LogP contribution is 2.43. The van der Waals surface area contributed by atoms with Crippen molar-refractivity contribution in [3.05, 3.63) is 65.7 Å². The van der Waals surface area contributed by atoms with E-state index in [4.69, 9.17) is 0 Å².